The third kappa shape index (κ3) is 5.86. The normalized spacial score (nSPS) is 17.1. The molecule has 0 spiro atoms. The zero-order valence-electron chi connectivity index (χ0n) is 17.7. The fourth-order valence-electron chi connectivity index (χ4n) is 4.32. The number of hydrogen-bond donors (Lipinski definition) is 0. The Hall–Kier alpha value is -1.78. The average Bonchev–Trinajstić information content (AvgIpc) is 3.23. The van der Waals surface area contributed by atoms with E-state index in [-0.39, 0.29) is 18.4 Å². The maximum Gasteiger partial charge on any atom is 0.242 e. The average molecular weight is 388 g/mol. The Balaban J connectivity index is 1.58. The van der Waals surface area contributed by atoms with E-state index in [9.17, 15) is 9.59 Å². The van der Waals surface area contributed by atoms with E-state index < -0.39 is 0 Å². The molecule has 0 aliphatic heterocycles. The van der Waals surface area contributed by atoms with Crippen molar-refractivity contribution in [2.45, 2.75) is 83.7 Å². The van der Waals surface area contributed by atoms with Crippen LogP contribution in [0.5, 0.6) is 0 Å². The van der Waals surface area contributed by atoms with Crippen molar-refractivity contribution in [3.63, 3.8) is 0 Å². The fourth-order valence-corrected chi connectivity index (χ4v) is 4.32. The van der Waals surface area contributed by atoms with Crippen molar-refractivity contribution in [1.29, 1.82) is 0 Å². The third-order valence-electron chi connectivity index (χ3n) is 6.39. The van der Waals surface area contributed by atoms with Gasteiger partial charge in [0.25, 0.3) is 0 Å². The molecule has 1 aromatic heterocycles. The highest BCUT2D eigenvalue weighted by molar-refractivity contribution is 5.85. The van der Waals surface area contributed by atoms with Gasteiger partial charge in [-0.2, -0.15) is 0 Å². The smallest absolute Gasteiger partial charge is 0.242 e. The van der Waals surface area contributed by atoms with Crippen LogP contribution in [0.25, 0.3) is 0 Å². The minimum atomic E-state index is 0.106. The van der Waals surface area contributed by atoms with E-state index >= 15 is 0 Å². The number of hydrogen-bond acceptors (Lipinski definition) is 2. The Morgan fingerprint density at radius 1 is 1.14 bits per heavy atom. The number of amides is 2. The lowest BCUT2D eigenvalue weighted by molar-refractivity contribution is -0.141. The van der Waals surface area contributed by atoms with Gasteiger partial charge in [0.2, 0.25) is 11.8 Å². The van der Waals surface area contributed by atoms with E-state index in [0.717, 1.165) is 37.8 Å². The summed E-state index contributed by atoms with van der Waals surface area (Å²) in [5.41, 5.74) is 1.15. The molecule has 0 saturated heterocycles. The van der Waals surface area contributed by atoms with Crippen LogP contribution in [0.2, 0.25) is 0 Å². The van der Waals surface area contributed by atoms with Gasteiger partial charge in [-0.15, -0.1) is 0 Å². The van der Waals surface area contributed by atoms with Gasteiger partial charge in [0.1, 0.15) is 0 Å². The van der Waals surface area contributed by atoms with Gasteiger partial charge < -0.3 is 14.4 Å². The van der Waals surface area contributed by atoms with Crippen molar-refractivity contribution >= 4 is 11.8 Å². The molecule has 5 heteroatoms. The van der Waals surface area contributed by atoms with Crippen molar-refractivity contribution < 1.29 is 9.59 Å². The molecule has 156 valence electrons. The van der Waals surface area contributed by atoms with Crippen LogP contribution in [0.3, 0.4) is 0 Å². The highest BCUT2D eigenvalue weighted by atomic mass is 16.2. The summed E-state index contributed by atoms with van der Waals surface area (Å²) >= 11 is 0. The zero-order valence-corrected chi connectivity index (χ0v) is 17.7. The molecular weight excluding hydrogens is 350 g/mol. The summed E-state index contributed by atoms with van der Waals surface area (Å²) < 4.78 is 2.07. The second-order valence-electron chi connectivity index (χ2n) is 8.72. The number of unbranched alkanes of at least 4 members (excludes halogenated alkanes) is 1. The minimum absolute atomic E-state index is 0.106. The van der Waals surface area contributed by atoms with Crippen LogP contribution in [0.4, 0.5) is 0 Å². The maximum atomic E-state index is 13.1. The van der Waals surface area contributed by atoms with E-state index in [1.807, 2.05) is 29.1 Å². The van der Waals surface area contributed by atoms with E-state index in [0.29, 0.717) is 31.5 Å². The SMILES string of the molecule is CCCCN(CC(=O)N(Cc1cccn1C)C1CC1)C(=O)CCC1CCCC1. The molecule has 0 bridgehead atoms. The molecular formula is C23H37N3O2. The van der Waals surface area contributed by atoms with Crippen LogP contribution in [-0.2, 0) is 23.2 Å². The van der Waals surface area contributed by atoms with Crippen molar-refractivity contribution in [1.82, 2.24) is 14.4 Å². The lowest BCUT2D eigenvalue weighted by atomic mass is 10.0. The lowest BCUT2D eigenvalue weighted by Gasteiger charge is -2.28. The largest absolute Gasteiger partial charge is 0.353 e. The predicted molar refractivity (Wildman–Crippen MR) is 112 cm³/mol. The standard InChI is InChI=1S/C23H37N3O2/c1-3-4-16-25(22(27)14-11-19-8-5-6-9-19)18-23(28)26(20-12-13-20)17-21-10-7-15-24(21)2/h7,10,15,19-20H,3-6,8-9,11-14,16-18H2,1-2H3. The molecule has 2 aliphatic rings. The van der Waals surface area contributed by atoms with Gasteiger partial charge in [-0.1, -0.05) is 39.0 Å². The number of aryl methyl sites for hydroxylation is 1. The van der Waals surface area contributed by atoms with E-state index in [1.165, 1.54) is 25.7 Å². The second-order valence-corrected chi connectivity index (χ2v) is 8.72. The number of nitrogens with zero attached hydrogens (tertiary/aromatic N) is 3. The first kappa shape index (κ1) is 20.9. The summed E-state index contributed by atoms with van der Waals surface area (Å²) in [7, 11) is 2.02. The first-order valence-electron chi connectivity index (χ1n) is 11.3. The maximum absolute atomic E-state index is 13.1. The summed E-state index contributed by atoms with van der Waals surface area (Å²) in [5.74, 6) is 0.991. The summed E-state index contributed by atoms with van der Waals surface area (Å²) in [6.45, 7) is 3.72. The van der Waals surface area contributed by atoms with Gasteiger partial charge in [0.05, 0.1) is 13.1 Å². The Bertz CT molecular complexity index is 644. The molecule has 5 nitrogen and oxygen atoms in total. The molecule has 28 heavy (non-hydrogen) atoms. The molecule has 2 amide bonds. The third-order valence-corrected chi connectivity index (χ3v) is 6.39. The van der Waals surface area contributed by atoms with Crippen molar-refractivity contribution in [3.05, 3.63) is 24.0 Å². The van der Waals surface area contributed by atoms with Gasteiger partial charge in [0.15, 0.2) is 0 Å². The number of aromatic nitrogens is 1. The summed E-state index contributed by atoms with van der Waals surface area (Å²) in [4.78, 5) is 29.8. The van der Waals surface area contributed by atoms with Crippen LogP contribution in [0, 0.1) is 5.92 Å². The molecule has 2 saturated carbocycles. The predicted octanol–water partition coefficient (Wildman–Crippen LogP) is 4.12. The monoisotopic (exact) mass is 387 g/mol. The number of carbonyl (C=O) groups excluding carboxylic acids is 2. The van der Waals surface area contributed by atoms with Gasteiger partial charge in [0, 0.05) is 37.9 Å². The second kappa shape index (κ2) is 10.1. The van der Waals surface area contributed by atoms with Crippen LogP contribution in [0.1, 0.15) is 76.8 Å². The highest BCUT2D eigenvalue weighted by Gasteiger charge is 2.34. The lowest BCUT2D eigenvalue weighted by Crippen LogP contribution is -2.44. The Kier molecular flexibility index (Phi) is 7.57. The zero-order chi connectivity index (χ0) is 19.9. The molecule has 0 aromatic carbocycles. The van der Waals surface area contributed by atoms with Gasteiger partial charge in [-0.3, -0.25) is 9.59 Å². The van der Waals surface area contributed by atoms with E-state index in [4.69, 9.17) is 0 Å². The van der Waals surface area contributed by atoms with Crippen LogP contribution >= 0.6 is 0 Å². The molecule has 1 aromatic rings. The highest BCUT2D eigenvalue weighted by Crippen LogP contribution is 2.30. The molecule has 0 atom stereocenters. The topological polar surface area (TPSA) is 45.6 Å². The molecule has 0 unspecified atom stereocenters. The molecule has 0 radical (unpaired) electrons. The van der Waals surface area contributed by atoms with Crippen molar-refractivity contribution in [2.75, 3.05) is 13.1 Å². The molecule has 3 rings (SSSR count). The van der Waals surface area contributed by atoms with Gasteiger partial charge >= 0.3 is 0 Å². The molecule has 0 N–H and O–H groups in total. The quantitative estimate of drug-likeness (QED) is 0.573. The Morgan fingerprint density at radius 2 is 1.89 bits per heavy atom. The minimum Gasteiger partial charge on any atom is -0.353 e. The molecule has 2 aliphatic carbocycles. The molecule has 1 heterocycles. The molecule has 2 fully saturated rings. The van der Waals surface area contributed by atoms with Crippen LogP contribution in [0.15, 0.2) is 18.3 Å². The van der Waals surface area contributed by atoms with Gasteiger partial charge in [-0.05, 0) is 43.7 Å². The number of rotatable bonds is 11. The van der Waals surface area contributed by atoms with Crippen molar-refractivity contribution in [3.8, 4) is 0 Å². The van der Waals surface area contributed by atoms with E-state index in [1.54, 1.807) is 0 Å². The van der Waals surface area contributed by atoms with Crippen molar-refractivity contribution in [2.24, 2.45) is 13.0 Å². The summed E-state index contributed by atoms with van der Waals surface area (Å²) in [6, 6.07) is 4.44. The van der Waals surface area contributed by atoms with E-state index in [2.05, 4.69) is 17.6 Å². The first-order chi connectivity index (χ1) is 13.6. The van der Waals surface area contributed by atoms with Gasteiger partial charge in [-0.25, -0.2) is 0 Å². The fraction of sp³-hybridized carbons (Fsp3) is 0.739. The summed E-state index contributed by atoms with van der Waals surface area (Å²) in [5, 5.41) is 0. The Morgan fingerprint density at radius 3 is 2.50 bits per heavy atom. The summed E-state index contributed by atoms with van der Waals surface area (Å²) in [6.07, 6.45) is 12.9. The van der Waals surface area contributed by atoms with Crippen LogP contribution in [-0.4, -0.2) is 45.3 Å². The van der Waals surface area contributed by atoms with Crippen LogP contribution < -0.4 is 0 Å². The first-order valence-corrected chi connectivity index (χ1v) is 11.3. The number of carbonyl (C=O) groups is 2. The Labute approximate surface area is 170 Å².